The summed E-state index contributed by atoms with van der Waals surface area (Å²) in [6.07, 6.45) is 3.02. The summed E-state index contributed by atoms with van der Waals surface area (Å²) in [6, 6.07) is 3.21. The maximum Gasteiger partial charge on any atom is 0.273 e. The van der Waals surface area contributed by atoms with Gasteiger partial charge in [0.05, 0.1) is 3.79 Å². The molecular weight excluding hydrogens is 302 g/mol. The normalized spacial score (nSPS) is 11.5. The molecule has 2 aromatic rings. The molecule has 0 aliphatic heterocycles. The van der Waals surface area contributed by atoms with Gasteiger partial charge < -0.3 is 4.98 Å². The van der Waals surface area contributed by atoms with Gasteiger partial charge in [-0.05, 0) is 28.1 Å². The van der Waals surface area contributed by atoms with Gasteiger partial charge >= 0.3 is 0 Å². The molecule has 15 heavy (non-hydrogen) atoms. The third-order valence-electron chi connectivity index (χ3n) is 1.54. The fraction of sp³-hybridized carbons (Fsp3) is 0. The molecular formula is C7H6BrN3O2S2. The second kappa shape index (κ2) is 3.95. The maximum absolute atomic E-state index is 11.7. The minimum absolute atomic E-state index is 0.208. The van der Waals surface area contributed by atoms with Crippen LogP contribution in [0.25, 0.3) is 0 Å². The molecule has 0 saturated heterocycles. The number of hydrogen-bond acceptors (Lipinski definition) is 4. The second-order valence-corrected chi connectivity index (χ2v) is 6.97. The van der Waals surface area contributed by atoms with Crippen LogP contribution in [0.5, 0.6) is 0 Å². The summed E-state index contributed by atoms with van der Waals surface area (Å²) in [5.74, 6) is 0.208. The number of imidazole rings is 1. The van der Waals surface area contributed by atoms with Crippen molar-refractivity contribution in [2.24, 2.45) is 0 Å². The quantitative estimate of drug-likeness (QED) is 0.911. The number of anilines is 1. The summed E-state index contributed by atoms with van der Waals surface area (Å²) in [7, 11) is -3.52. The van der Waals surface area contributed by atoms with E-state index in [4.69, 9.17) is 0 Å². The average molecular weight is 308 g/mol. The number of nitrogens with one attached hydrogen (secondary N) is 2. The van der Waals surface area contributed by atoms with E-state index in [9.17, 15) is 8.42 Å². The zero-order valence-corrected chi connectivity index (χ0v) is 10.5. The Kier molecular flexibility index (Phi) is 2.81. The Bertz CT molecular complexity index is 547. The molecule has 2 N–H and O–H groups in total. The Labute approximate surface area is 98.7 Å². The number of thiophene rings is 1. The van der Waals surface area contributed by atoms with E-state index in [1.165, 1.54) is 12.3 Å². The molecule has 2 rings (SSSR count). The smallest absolute Gasteiger partial charge is 0.273 e. The molecule has 5 nitrogen and oxygen atoms in total. The lowest BCUT2D eigenvalue weighted by Gasteiger charge is -2.01. The predicted molar refractivity (Wildman–Crippen MR) is 61.4 cm³/mol. The van der Waals surface area contributed by atoms with E-state index in [1.54, 1.807) is 12.3 Å². The monoisotopic (exact) mass is 307 g/mol. The molecule has 0 aliphatic rings. The van der Waals surface area contributed by atoms with Gasteiger partial charge in [-0.15, -0.1) is 11.3 Å². The minimum Gasteiger partial charge on any atom is -0.330 e. The van der Waals surface area contributed by atoms with Crippen LogP contribution in [0.15, 0.2) is 32.5 Å². The molecule has 2 aromatic heterocycles. The number of hydrogen-bond donors (Lipinski definition) is 2. The van der Waals surface area contributed by atoms with Crippen molar-refractivity contribution < 1.29 is 8.42 Å². The number of sulfonamides is 1. The van der Waals surface area contributed by atoms with Crippen molar-refractivity contribution in [1.29, 1.82) is 0 Å². The lowest BCUT2D eigenvalue weighted by molar-refractivity contribution is 0.603. The van der Waals surface area contributed by atoms with Crippen LogP contribution in [0.2, 0.25) is 0 Å². The van der Waals surface area contributed by atoms with Gasteiger partial charge in [-0.2, -0.15) is 0 Å². The van der Waals surface area contributed by atoms with Gasteiger partial charge in [-0.1, -0.05) is 0 Å². The van der Waals surface area contributed by atoms with Gasteiger partial charge in [0, 0.05) is 12.4 Å². The highest BCUT2D eigenvalue weighted by atomic mass is 79.9. The fourth-order valence-electron chi connectivity index (χ4n) is 0.941. The van der Waals surface area contributed by atoms with Gasteiger partial charge in [0.1, 0.15) is 4.21 Å². The first-order valence-corrected chi connectivity index (χ1v) is 6.95. The first kappa shape index (κ1) is 10.7. The van der Waals surface area contributed by atoms with Crippen molar-refractivity contribution in [3.63, 3.8) is 0 Å². The van der Waals surface area contributed by atoms with E-state index < -0.39 is 10.0 Å². The van der Waals surface area contributed by atoms with Crippen LogP contribution in [-0.4, -0.2) is 18.4 Å². The Balaban J connectivity index is 2.28. The average Bonchev–Trinajstić information content (AvgIpc) is 2.75. The maximum atomic E-state index is 11.7. The van der Waals surface area contributed by atoms with Crippen molar-refractivity contribution in [3.05, 3.63) is 28.3 Å². The van der Waals surface area contributed by atoms with Crippen LogP contribution in [-0.2, 0) is 10.0 Å². The van der Waals surface area contributed by atoms with E-state index in [-0.39, 0.29) is 10.2 Å². The number of halogens is 1. The van der Waals surface area contributed by atoms with E-state index in [2.05, 4.69) is 30.6 Å². The highest BCUT2D eigenvalue weighted by Gasteiger charge is 2.17. The molecule has 0 aromatic carbocycles. The summed E-state index contributed by atoms with van der Waals surface area (Å²) in [6.45, 7) is 0. The highest BCUT2D eigenvalue weighted by Crippen LogP contribution is 2.26. The minimum atomic E-state index is -3.52. The van der Waals surface area contributed by atoms with Crippen LogP contribution in [0.4, 0.5) is 5.95 Å². The van der Waals surface area contributed by atoms with Gasteiger partial charge in [0.15, 0.2) is 0 Å². The largest absolute Gasteiger partial charge is 0.330 e. The van der Waals surface area contributed by atoms with Crippen LogP contribution >= 0.6 is 27.3 Å². The third-order valence-corrected chi connectivity index (χ3v) is 5.00. The molecule has 8 heteroatoms. The molecule has 80 valence electrons. The SMILES string of the molecule is O=S(=O)(Nc1ncc[nH]1)c1ccc(Br)s1. The third kappa shape index (κ3) is 2.39. The highest BCUT2D eigenvalue weighted by molar-refractivity contribution is 9.11. The summed E-state index contributed by atoms with van der Waals surface area (Å²) < 4.78 is 26.8. The van der Waals surface area contributed by atoms with Crippen molar-refractivity contribution >= 4 is 43.2 Å². The van der Waals surface area contributed by atoms with Gasteiger partial charge in [-0.3, -0.25) is 0 Å². The number of nitrogens with zero attached hydrogens (tertiary/aromatic N) is 1. The summed E-state index contributed by atoms with van der Waals surface area (Å²) in [5.41, 5.74) is 0. The number of aromatic nitrogens is 2. The van der Waals surface area contributed by atoms with Crippen LogP contribution in [0.1, 0.15) is 0 Å². The predicted octanol–water partition coefficient (Wildman–Crippen LogP) is 2.03. The number of rotatable bonds is 3. The summed E-state index contributed by atoms with van der Waals surface area (Å²) >= 11 is 4.35. The van der Waals surface area contributed by atoms with E-state index >= 15 is 0 Å². The number of H-pyrrole nitrogens is 1. The molecule has 0 radical (unpaired) electrons. The Hall–Kier alpha value is -0.860. The van der Waals surface area contributed by atoms with Crippen molar-refractivity contribution in [2.75, 3.05) is 4.72 Å². The second-order valence-electron chi connectivity index (χ2n) is 2.60. The molecule has 0 unspecified atom stereocenters. The van der Waals surface area contributed by atoms with Gasteiger partial charge in [0.25, 0.3) is 10.0 Å². The summed E-state index contributed by atoms with van der Waals surface area (Å²) in [5, 5.41) is 0. The fourth-order valence-corrected chi connectivity index (χ4v) is 3.93. The molecule has 0 aliphatic carbocycles. The molecule has 0 saturated carbocycles. The summed E-state index contributed by atoms with van der Waals surface area (Å²) in [4.78, 5) is 6.44. The zero-order valence-electron chi connectivity index (χ0n) is 7.27. The van der Waals surface area contributed by atoms with E-state index in [0.29, 0.717) is 0 Å². The lowest BCUT2D eigenvalue weighted by Crippen LogP contribution is -2.12. The Morgan fingerprint density at radius 1 is 1.47 bits per heavy atom. The molecule has 0 spiro atoms. The molecule has 0 fully saturated rings. The van der Waals surface area contributed by atoms with E-state index in [0.717, 1.165) is 15.1 Å². The van der Waals surface area contributed by atoms with Crippen LogP contribution < -0.4 is 4.72 Å². The zero-order chi connectivity index (χ0) is 10.9. The first-order valence-electron chi connectivity index (χ1n) is 3.85. The molecule has 2 heterocycles. The molecule has 0 amide bonds. The Morgan fingerprint density at radius 2 is 2.27 bits per heavy atom. The van der Waals surface area contributed by atoms with Crippen molar-refractivity contribution in [3.8, 4) is 0 Å². The first-order chi connectivity index (χ1) is 7.08. The van der Waals surface area contributed by atoms with Gasteiger partial charge in [-0.25, -0.2) is 18.1 Å². The van der Waals surface area contributed by atoms with Gasteiger partial charge in [0.2, 0.25) is 5.95 Å². The van der Waals surface area contributed by atoms with E-state index in [1.807, 2.05) is 0 Å². The van der Waals surface area contributed by atoms with Crippen LogP contribution in [0.3, 0.4) is 0 Å². The topological polar surface area (TPSA) is 74.8 Å². The lowest BCUT2D eigenvalue weighted by atomic mass is 10.7. The van der Waals surface area contributed by atoms with Crippen molar-refractivity contribution in [2.45, 2.75) is 4.21 Å². The molecule has 0 bridgehead atoms. The number of aromatic amines is 1. The Morgan fingerprint density at radius 3 is 2.80 bits per heavy atom. The van der Waals surface area contributed by atoms with Crippen molar-refractivity contribution in [1.82, 2.24) is 9.97 Å². The van der Waals surface area contributed by atoms with Crippen LogP contribution in [0, 0.1) is 0 Å². The standard InChI is InChI=1S/C7H6BrN3O2S2/c8-5-1-2-6(14-5)15(12,13)11-7-9-3-4-10-7/h1-4H,(H2,9,10,11). The molecule has 0 atom stereocenters.